The summed E-state index contributed by atoms with van der Waals surface area (Å²) in [7, 11) is 1.27. The van der Waals surface area contributed by atoms with Gasteiger partial charge in [0.15, 0.2) is 23.7 Å². The molecular formula is C37H46N2O12. The Morgan fingerprint density at radius 1 is 0.882 bits per heavy atom. The molecule has 1 fully saturated rings. The number of nitrogens with one attached hydrogen (secondary N) is 2. The van der Waals surface area contributed by atoms with Gasteiger partial charge in [0.05, 0.1) is 18.4 Å². The normalized spacial score (nSPS) is 23.7. The molecule has 1 heterocycles. The third kappa shape index (κ3) is 9.71. The summed E-state index contributed by atoms with van der Waals surface area (Å²) < 4.78 is 28.0. The fourth-order valence-corrected chi connectivity index (χ4v) is 5.27. The third-order valence-electron chi connectivity index (χ3n) is 8.64. The zero-order valence-electron chi connectivity index (χ0n) is 30.1. The van der Waals surface area contributed by atoms with E-state index in [0.29, 0.717) is 18.4 Å². The van der Waals surface area contributed by atoms with Crippen molar-refractivity contribution in [3.63, 3.8) is 0 Å². The Labute approximate surface area is 296 Å². The van der Waals surface area contributed by atoms with Crippen molar-refractivity contribution in [3.8, 4) is 5.75 Å². The summed E-state index contributed by atoms with van der Waals surface area (Å²) in [4.78, 5) is 93.8. The lowest BCUT2D eigenvalue weighted by Gasteiger charge is -2.30. The van der Waals surface area contributed by atoms with Crippen LogP contribution in [0.1, 0.15) is 70.8 Å². The minimum Gasteiger partial charge on any atom is -0.494 e. The van der Waals surface area contributed by atoms with E-state index in [4.69, 9.17) is 23.7 Å². The summed E-state index contributed by atoms with van der Waals surface area (Å²) in [6, 6.07) is 11.3. The number of anilines is 1. The Hall–Kier alpha value is -5.27. The summed E-state index contributed by atoms with van der Waals surface area (Å²) in [5.74, 6) is -7.35. The van der Waals surface area contributed by atoms with E-state index in [1.165, 1.54) is 46.1 Å². The SMILES string of the molecule is CCC(C)C1OC(=O)C(C)(C)C(=O)C(Cc2ccccc2)OC(=O)C(C(C)C)OC(=O)C(NC(=O)c2cccc(NC=O)c2OC)C(C)OC1=O. The van der Waals surface area contributed by atoms with Crippen molar-refractivity contribution in [1.82, 2.24) is 5.32 Å². The van der Waals surface area contributed by atoms with Crippen LogP contribution in [0.15, 0.2) is 48.5 Å². The summed E-state index contributed by atoms with van der Waals surface area (Å²) in [5, 5.41) is 4.92. The Morgan fingerprint density at radius 2 is 1.53 bits per heavy atom. The Balaban J connectivity index is 2.13. The smallest absolute Gasteiger partial charge is 0.348 e. The first-order valence-electron chi connectivity index (χ1n) is 16.7. The van der Waals surface area contributed by atoms with Crippen molar-refractivity contribution in [3.05, 3.63) is 59.7 Å². The fraction of sp³-hybridized carbons (Fsp3) is 0.486. The average molecular weight is 711 g/mol. The lowest BCUT2D eigenvalue weighted by molar-refractivity contribution is -0.183. The van der Waals surface area contributed by atoms with Crippen molar-refractivity contribution < 1.29 is 57.2 Å². The van der Waals surface area contributed by atoms with Gasteiger partial charge in [-0.3, -0.25) is 19.2 Å². The summed E-state index contributed by atoms with van der Waals surface area (Å²) in [6.45, 7) is 10.5. The number of carbonyl (C=O) groups excluding carboxylic acids is 7. The maximum absolute atomic E-state index is 14.0. The predicted octanol–water partition coefficient (Wildman–Crippen LogP) is 3.58. The molecule has 2 aromatic rings. The van der Waals surface area contributed by atoms with Crippen LogP contribution >= 0.6 is 0 Å². The Kier molecular flexibility index (Phi) is 13.9. The molecule has 14 heteroatoms. The number of hydrogen-bond acceptors (Lipinski definition) is 12. The first-order chi connectivity index (χ1) is 24.1. The summed E-state index contributed by atoms with van der Waals surface area (Å²) in [6.07, 6.45) is -5.44. The minimum absolute atomic E-state index is 0.0265. The number of benzene rings is 2. The fourth-order valence-electron chi connectivity index (χ4n) is 5.27. The van der Waals surface area contributed by atoms with E-state index in [1.807, 2.05) is 0 Å². The second-order valence-electron chi connectivity index (χ2n) is 13.2. The molecule has 0 radical (unpaired) electrons. The molecule has 6 atom stereocenters. The monoisotopic (exact) mass is 710 g/mol. The van der Waals surface area contributed by atoms with Gasteiger partial charge in [-0.1, -0.05) is 64.1 Å². The Bertz CT molecular complexity index is 1610. The molecule has 2 N–H and O–H groups in total. The number of hydrogen-bond donors (Lipinski definition) is 2. The molecule has 6 unspecified atom stereocenters. The van der Waals surface area contributed by atoms with Crippen LogP contribution in [0.3, 0.4) is 0 Å². The van der Waals surface area contributed by atoms with Crippen LogP contribution in [0.2, 0.25) is 0 Å². The van der Waals surface area contributed by atoms with E-state index >= 15 is 0 Å². The topological polar surface area (TPSA) is 190 Å². The quantitative estimate of drug-likeness (QED) is 0.158. The van der Waals surface area contributed by atoms with E-state index in [1.54, 1.807) is 58.0 Å². The number of para-hydroxylation sites is 1. The molecule has 0 spiro atoms. The van der Waals surface area contributed by atoms with Crippen molar-refractivity contribution in [1.29, 1.82) is 0 Å². The Morgan fingerprint density at radius 3 is 2.12 bits per heavy atom. The van der Waals surface area contributed by atoms with Gasteiger partial charge in [0.25, 0.3) is 5.91 Å². The van der Waals surface area contributed by atoms with Gasteiger partial charge in [-0.2, -0.15) is 0 Å². The molecule has 1 saturated heterocycles. The second kappa shape index (κ2) is 17.6. The van der Waals surface area contributed by atoms with Crippen molar-refractivity contribution in [2.24, 2.45) is 17.3 Å². The molecule has 1 aliphatic heterocycles. The number of esters is 4. The first-order valence-corrected chi connectivity index (χ1v) is 16.7. The predicted molar refractivity (Wildman–Crippen MR) is 182 cm³/mol. The molecule has 14 nitrogen and oxygen atoms in total. The van der Waals surface area contributed by atoms with Gasteiger partial charge in [-0.05, 0) is 44.9 Å². The largest absolute Gasteiger partial charge is 0.494 e. The molecule has 276 valence electrons. The number of amides is 2. The molecule has 2 aromatic carbocycles. The van der Waals surface area contributed by atoms with Gasteiger partial charge in [-0.25, -0.2) is 14.4 Å². The van der Waals surface area contributed by atoms with E-state index < -0.39 is 83.3 Å². The number of methoxy groups -OCH3 is 1. The molecule has 0 aromatic heterocycles. The number of carbonyl (C=O) groups is 7. The molecule has 0 bridgehead atoms. The lowest BCUT2D eigenvalue weighted by atomic mass is 9.83. The lowest BCUT2D eigenvalue weighted by Crippen LogP contribution is -2.52. The number of ether oxygens (including phenoxy) is 5. The minimum atomic E-state index is -1.90. The van der Waals surface area contributed by atoms with E-state index in [9.17, 15) is 33.6 Å². The maximum Gasteiger partial charge on any atom is 0.348 e. The van der Waals surface area contributed by atoms with Gasteiger partial charge < -0.3 is 34.3 Å². The first kappa shape index (κ1) is 40.2. The molecule has 2 amide bonds. The molecular weight excluding hydrogens is 664 g/mol. The summed E-state index contributed by atoms with van der Waals surface area (Å²) >= 11 is 0. The molecule has 51 heavy (non-hydrogen) atoms. The van der Waals surface area contributed by atoms with Crippen LogP contribution in [-0.4, -0.2) is 79.5 Å². The van der Waals surface area contributed by atoms with Crippen LogP contribution in [0.25, 0.3) is 0 Å². The molecule has 3 rings (SSSR count). The van der Waals surface area contributed by atoms with Gasteiger partial charge >= 0.3 is 23.9 Å². The van der Waals surface area contributed by atoms with Gasteiger partial charge in [-0.15, -0.1) is 0 Å². The zero-order chi connectivity index (χ0) is 38.0. The standard InChI is InChI=1S/C37H46N2O12/c1-9-21(4)29-35(45)48-22(5)27(39-32(42)24-16-13-17-25(38-19-40)30(24)47-8)33(43)50-28(20(2)3)34(44)49-26(18-23-14-11-10-12-15-23)31(41)37(6,7)36(46)51-29/h10-17,19-22,26-29H,9,18H2,1-8H3,(H,38,40)(H,39,42). The highest BCUT2D eigenvalue weighted by Crippen LogP contribution is 2.30. The second-order valence-corrected chi connectivity index (χ2v) is 13.2. The highest BCUT2D eigenvalue weighted by molar-refractivity contribution is 6.06. The molecule has 0 aliphatic carbocycles. The van der Waals surface area contributed by atoms with E-state index in [2.05, 4.69) is 10.6 Å². The van der Waals surface area contributed by atoms with Crippen molar-refractivity contribution in [2.45, 2.75) is 91.8 Å². The van der Waals surface area contributed by atoms with Crippen molar-refractivity contribution in [2.75, 3.05) is 12.4 Å². The maximum atomic E-state index is 14.0. The van der Waals surface area contributed by atoms with Crippen LogP contribution < -0.4 is 15.4 Å². The zero-order valence-corrected chi connectivity index (χ0v) is 30.1. The van der Waals surface area contributed by atoms with Crippen LogP contribution in [-0.2, 0) is 54.1 Å². The van der Waals surface area contributed by atoms with Crippen LogP contribution in [0.5, 0.6) is 5.75 Å². The van der Waals surface area contributed by atoms with Gasteiger partial charge in [0.2, 0.25) is 18.6 Å². The number of Topliss-reactive ketones (excluding diaryl/α,β-unsaturated/α-hetero) is 1. The van der Waals surface area contributed by atoms with Crippen LogP contribution in [0.4, 0.5) is 5.69 Å². The highest BCUT2D eigenvalue weighted by Gasteiger charge is 2.47. The van der Waals surface area contributed by atoms with Gasteiger partial charge in [0, 0.05) is 18.3 Å². The van der Waals surface area contributed by atoms with E-state index in [-0.39, 0.29) is 23.4 Å². The van der Waals surface area contributed by atoms with Gasteiger partial charge in [0.1, 0.15) is 11.5 Å². The van der Waals surface area contributed by atoms with Crippen LogP contribution in [0, 0.1) is 17.3 Å². The highest BCUT2D eigenvalue weighted by atomic mass is 16.6. The van der Waals surface area contributed by atoms with Crippen molar-refractivity contribution >= 4 is 47.7 Å². The third-order valence-corrected chi connectivity index (χ3v) is 8.64. The molecule has 1 aliphatic rings. The number of cyclic esters (lactones) is 4. The number of ketones is 1. The summed E-state index contributed by atoms with van der Waals surface area (Å²) in [5.41, 5.74) is -1.22. The number of rotatable bonds is 10. The van der Waals surface area contributed by atoms with E-state index in [0.717, 1.165) is 0 Å². The average Bonchev–Trinajstić information content (AvgIpc) is 3.10. The molecule has 0 saturated carbocycles.